The van der Waals surface area contributed by atoms with Gasteiger partial charge >= 0.3 is 0 Å². The van der Waals surface area contributed by atoms with Gasteiger partial charge in [-0.05, 0) is 18.2 Å². The Labute approximate surface area is 179 Å². The molecule has 148 valence electrons. The molecule has 1 aliphatic heterocycles. The summed E-state index contributed by atoms with van der Waals surface area (Å²) in [6, 6.07) is 20.2. The van der Waals surface area contributed by atoms with Crippen LogP contribution in [0.1, 0.15) is 31.2 Å². The summed E-state index contributed by atoms with van der Waals surface area (Å²) in [5.41, 5.74) is 1.52. The van der Waals surface area contributed by atoms with E-state index in [0.29, 0.717) is 29.8 Å². The molecule has 0 atom stereocenters. The van der Waals surface area contributed by atoms with E-state index < -0.39 is 0 Å². The number of thiophene rings is 1. The lowest BCUT2D eigenvalue weighted by molar-refractivity contribution is 0.0627. The first-order valence-corrected chi connectivity index (χ1v) is 10.8. The van der Waals surface area contributed by atoms with Gasteiger partial charge in [0.25, 0.3) is 5.91 Å². The minimum atomic E-state index is -0.122. The number of ketones is 1. The summed E-state index contributed by atoms with van der Waals surface area (Å²) in [5.74, 6) is -0.202. The predicted molar refractivity (Wildman–Crippen MR) is 117 cm³/mol. The second kappa shape index (κ2) is 8.91. The molecule has 1 aromatic heterocycles. The molecule has 29 heavy (non-hydrogen) atoms. The van der Waals surface area contributed by atoms with E-state index in [4.69, 9.17) is 11.6 Å². The van der Waals surface area contributed by atoms with Crippen LogP contribution in [-0.4, -0.2) is 47.7 Å². The van der Waals surface area contributed by atoms with E-state index in [0.717, 1.165) is 24.0 Å². The number of rotatable bonds is 5. The van der Waals surface area contributed by atoms with Crippen LogP contribution >= 0.6 is 22.9 Å². The molecule has 1 fully saturated rings. The number of hydrogen-bond donors (Lipinski definition) is 0. The summed E-state index contributed by atoms with van der Waals surface area (Å²) in [7, 11) is 0. The van der Waals surface area contributed by atoms with Crippen LogP contribution in [0.5, 0.6) is 0 Å². The van der Waals surface area contributed by atoms with Crippen LogP contribution in [0.3, 0.4) is 0 Å². The van der Waals surface area contributed by atoms with Crippen LogP contribution in [0, 0.1) is 0 Å². The van der Waals surface area contributed by atoms with Crippen LogP contribution in [0.2, 0.25) is 4.34 Å². The van der Waals surface area contributed by atoms with Crippen LogP contribution in [0.25, 0.3) is 0 Å². The van der Waals surface area contributed by atoms with E-state index in [1.807, 2.05) is 35.2 Å². The SMILES string of the molecule is O=C(c1ccccc1)c1ccccc1C(=O)N1CCN(Cc2ccc(Cl)s2)CC1. The Kier molecular flexibility index (Phi) is 6.09. The molecule has 4 nitrogen and oxygen atoms in total. The maximum absolute atomic E-state index is 13.2. The number of benzene rings is 2. The Morgan fingerprint density at radius 3 is 2.14 bits per heavy atom. The normalized spacial score (nSPS) is 14.7. The molecule has 0 radical (unpaired) electrons. The van der Waals surface area contributed by atoms with E-state index in [1.165, 1.54) is 4.88 Å². The minimum absolute atomic E-state index is 0.0799. The first-order chi connectivity index (χ1) is 14.1. The molecule has 0 spiro atoms. The predicted octanol–water partition coefficient (Wildman–Crippen LogP) is 4.59. The average molecular weight is 425 g/mol. The fourth-order valence-corrected chi connectivity index (χ4v) is 4.68. The van der Waals surface area contributed by atoms with Crippen LogP contribution in [-0.2, 0) is 6.54 Å². The molecule has 6 heteroatoms. The van der Waals surface area contributed by atoms with Gasteiger partial charge in [-0.15, -0.1) is 11.3 Å². The second-order valence-electron chi connectivity index (χ2n) is 7.01. The van der Waals surface area contributed by atoms with E-state index in [2.05, 4.69) is 11.0 Å². The molecule has 1 amide bonds. The lowest BCUT2D eigenvalue weighted by Gasteiger charge is -2.34. The highest BCUT2D eigenvalue weighted by Gasteiger charge is 2.25. The molecule has 2 heterocycles. The van der Waals surface area contributed by atoms with Crippen LogP contribution < -0.4 is 0 Å². The first-order valence-electron chi connectivity index (χ1n) is 9.56. The highest BCUT2D eigenvalue weighted by Crippen LogP contribution is 2.23. The number of nitrogens with zero attached hydrogens (tertiary/aromatic N) is 2. The first kappa shape index (κ1) is 19.8. The topological polar surface area (TPSA) is 40.6 Å². The third-order valence-corrected chi connectivity index (χ3v) is 6.32. The van der Waals surface area contributed by atoms with Crippen molar-refractivity contribution < 1.29 is 9.59 Å². The average Bonchev–Trinajstić information content (AvgIpc) is 3.18. The van der Waals surface area contributed by atoms with Crippen molar-refractivity contribution in [1.82, 2.24) is 9.80 Å². The van der Waals surface area contributed by atoms with E-state index in [-0.39, 0.29) is 11.7 Å². The van der Waals surface area contributed by atoms with Gasteiger partial charge < -0.3 is 4.90 Å². The van der Waals surface area contributed by atoms with Gasteiger partial charge in [-0.25, -0.2) is 0 Å². The Morgan fingerprint density at radius 1 is 0.828 bits per heavy atom. The lowest BCUT2D eigenvalue weighted by Crippen LogP contribution is -2.48. The maximum atomic E-state index is 13.2. The monoisotopic (exact) mass is 424 g/mol. The Hall–Kier alpha value is -2.47. The van der Waals surface area contributed by atoms with Gasteiger partial charge in [0.05, 0.1) is 9.90 Å². The number of carbonyl (C=O) groups excluding carboxylic acids is 2. The molecule has 0 unspecified atom stereocenters. The number of halogens is 1. The molecule has 0 N–H and O–H groups in total. The van der Waals surface area contributed by atoms with E-state index in [9.17, 15) is 9.59 Å². The van der Waals surface area contributed by atoms with Gasteiger partial charge in [0.15, 0.2) is 5.78 Å². The molecular weight excluding hydrogens is 404 g/mol. The van der Waals surface area contributed by atoms with Crippen molar-refractivity contribution in [1.29, 1.82) is 0 Å². The minimum Gasteiger partial charge on any atom is -0.336 e. The summed E-state index contributed by atoms with van der Waals surface area (Å²) < 4.78 is 0.800. The molecule has 1 saturated heterocycles. The maximum Gasteiger partial charge on any atom is 0.254 e. The van der Waals surface area contributed by atoms with Crippen LogP contribution in [0.4, 0.5) is 0 Å². The van der Waals surface area contributed by atoms with Gasteiger partial charge in [-0.1, -0.05) is 60.1 Å². The molecule has 2 aromatic carbocycles. The summed E-state index contributed by atoms with van der Waals surface area (Å²) in [6.45, 7) is 3.74. The third kappa shape index (κ3) is 4.58. The number of hydrogen-bond acceptors (Lipinski definition) is 4. The van der Waals surface area contributed by atoms with Crippen molar-refractivity contribution in [2.75, 3.05) is 26.2 Å². The van der Waals surface area contributed by atoms with Gasteiger partial charge in [0.2, 0.25) is 0 Å². The molecule has 3 aromatic rings. The summed E-state index contributed by atoms with van der Waals surface area (Å²) in [6.07, 6.45) is 0. The van der Waals surface area contributed by atoms with Crippen molar-refractivity contribution in [3.8, 4) is 0 Å². The zero-order valence-electron chi connectivity index (χ0n) is 15.9. The van der Waals surface area contributed by atoms with Crippen molar-refractivity contribution in [2.24, 2.45) is 0 Å². The van der Waals surface area contributed by atoms with Gasteiger partial charge in [-0.3, -0.25) is 14.5 Å². The Bertz CT molecular complexity index is 1010. The summed E-state index contributed by atoms with van der Waals surface area (Å²) >= 11 is 7.61. The van der Waals surface area contributed by atoms with Crippen molar-refractivity contribution in [3.63, 3.8) is 0 Å². The second-order valence-corrected chi connectivity index (χ2v) is 8.81. The Balaban J connectivity index is 1.45. The Morgan fingerprint density at radius 2 is 1.48 bits per heavy atom. The number of piperazine rings is 1. The van der Waals surface area contributed by atoms with Crippen LogP contribution in [0.15, 0.2) is 66.7 Å². The fourth-order valence-electron chi connectivity index (χ4n) is 3.55. The molecule has 0 bridgehead atoms. The molecule has 0 aliphatic carbocycles. The largest absolute Gasteiger partial charge is 0.336 e. The quantitative estimate of drug-likeness (QED) is 0.562. The smallest absolute Gasteiger partial charge is 0.254 e. The number of carbonyl (C=O) groups is 2. The lowest BCUT2D eigenvalue weighted by atomic mass is 9.97. The van der Waals surface area contributed by atoms with E-state index in [1.54, 1.807) is 41.7 Å². The zero-order chi connectivity index (χ0) is 20.2. The van der Waals surface area contributed by atoms with Crippen molar-refractivity contribution in [3.05, 3.63) is 92.6 Å². The highest BCUT2D eigenvalue weighted by molar-refractivity contribution is 7.16. The molecule has 1 aliphatic rings. The van der Waals surface area contributed by atoms with Crippen molar-refractivity contribution >= 4 is 34.6 Å². The third-order valence-electron chi connectivity index (χ3n) is 5.11. The van der Waals surface area contributed by atoms with E-state index >= 15 is 0 Å². The highest BCUT2D eigenvalue weighted by atomic mass is 35.5. The van der Waals surface area contributed by atoms with Crippen molar-refractivity contribution in [2.45, 2.75) is 6.54 Å². The summed E-state index contributed by atoms with van der Waals surface area (Å²) in [5, 5.41) is 0. The van der Waals surface area contributed by atoms with Gasteiger partial charge in [0.1, 0.15) is 0 Å². The summed E-state index contributed by atoms with van der Waals surface area (Å²) in [4.78, 5) is 31.5. The van der Waals surface area contributed by atoms with Gasteiger partial charge in [-0.2, -0.15) is 0 Å². The molecule has 4 rings (SSSR count). The van der Waals surface area contributed by atoms with Gasteiger partial charge in [0, 0.05) is 48.7 Å². The molecular formula is C23H21ClN2O2S. The molecule has 0 saturated carbocycles. The number of amides is 1. The fraction of sp³-hybridized carbons (Fsp3) is 0.217. The zero-order valence-corrected chi connectivity index (χ0v) is 17.5. The standard InChI is InChI=1S/C23H21ClN2O2S/c24-21-11-10-18(29-21)16-25-12-14-26(15-13-25)23(28)20-9-5-4-8-19(20)22(27)17-6-2-1-3-7-17/h1-11H,12-16H2.